The second kappa shape index (κ2) is 9.47. The Balaban J connectivity index is 1.59. The van der Waals surface area contributed by atoms with Crippen molar-refractivity contribution >= 4 is 17.7 Å². The highest BCUT2D eigenvalue weighted by Gasteiger charge is 2.12. The van der Waals surface area contributed by atoms with Crippen LogP contribution in [0.4, 0.5) is 0 Å². The Morgan fingerprint density at radius 1 is 0.933 bits per heavy atom. The van der Waals surface area contributed by atoms with E-state index in [2.05, 4.69) is 42.5 Å². The van der Waals surface area contributed by atoms with Gasteiger partial charge in [0.15, 0.2) is 0 Å². The molecule has 0 N–H and O–H groups in total. The second-order valence-corrected chi connectivity index (χ2v) is 7.43. The molecule has 0 aliphatic carbocycles. The summed E-state index contributed by atoms with van der Waals surface area (Å²) < 4.78 is 7.27. The van der Waals surface area contributed by atoms with Crippen molar-refractivity contribution in [2.75, 3.05) is 7.11 Å². The van der Waals surface area contributed by atoms with Gasteiger partial charge in [-0.15, -0.1) is 0 Å². The van der Waals surface area contributed by atoms with E-state index < -0.39 is 0 Å². The summed E-state index contributed by atoms with van der Waals surface area (Å²) in [5.74, 6) is 0.824. The molecule has 0 aliphatic rings. The largest absolute Gasteiger partial charge is 0.497 e. The lowest BCUT2D eigenvalue weighted by Crippen LogP contribution is -2.00. The molecule has 150 valence electrons. The standard InChI is InChI=1S/C26H23ClN2O/c1-30-25-17-15-24(16-18-25)29-26(21-11-13-22(27)14-12-21)19-23(28-29)10-6-5-9-20-7-3-2-4-8-20/h2-5,7-9,11-19H,6,10H2,1H3/b9-5+. The number of methoxy groups -OCH3 is 1. The first-order valence-electron chi connectivity index (χ1n) is 9.94. The molecule has 4 aromatic rings. The van der Waals surface area contributed by atoms with Gasteiger partial charge in [0.1, 0.15) is 5.75 Å². The van der Waals surface area contributed by atoms with Crippen LogP contribution in [0.2, 0.25) is 5.02 Å². The quantitative estimate of drug-likeness (QED) is 0.330. The van der Waals surface area contributed by atoms with Crippen LogP contribution in [-0.2, 0) is 6.42 Å². The lowest BCUT2D eigenvalue weighted by Gasteiger charge is -2.08. The Morgan fingerprint density at radius 2 is 1.67 bits per heavy atom. The lowest BCUT2D eigenvalue weighted by molar-refractivity contribution is 0.414. The molecule has 0 fully saturated rings. The zero-order chi connectivity index (χ0) is 20.8. The Hall–Kier alpha value is -3.30. The number of aromatic nitrogens is 2. The van der Waals surface area contributed by atoms with E-state index in [4.69, 9.17) is 21.4 Å². The molecule has 0 saturated heterocycles. The number of nitrogens with zero attached hydrogens (tertiary/aromatic N) is 2. The Kier molecular flexibility index (Phi) is 6.31. The van der Waals surface area contributed by atoms with E-state index in [1.54, 1.807) is 7.11 Å². The molecular weight excluding hydrogens is 392 g/mol. The van der Waals surface area contributed by atoms with Gasteiger partial charge in [-0.25, -0.2) is 4.68 Å². The minimum Gasteiger partial charge on any atom is -0.497 e. The van der Waals surface area contributed by atoms with Crippen molar-refractivity contribution < 1.29 is 4.74 Å². The summed E-state index contributed by atoms with van der Waals surface area (Å²) in [6.07, 6.45) is 6.14. The molecule has 0 bridgehead atoms. The molecule has 3 aromatic carbocycles. The first-order chi connectivity index (χ1) is 14.7. The summed E-state index contributed by atoms with van der Waals surface area (Å²) in [7, 11) is 1.67. The Bertz CT molecular complexity index is 1110. The first-order valence-corrected chi connectivity index (χ1v) is 10.3. The van der Waals surface area contributed by atoms with Crippen molar-refractivity contribution in [1.29, 1.82) is 0 Å². The summed E-state index contributed by atoms with van der Waals surface area (Å²) in [5, 5.41) is 5.61. The van der Waals surface area contributed by atoms with E-state index in [0.717, 1.165) is 46.3 Å². The van der Waals surface area contributed by atoms with E-state index in [0.29, 0.717) is 0 Å². The highest BCUT2D eigenvalue weighted by molar-refractivity contribution is 6.30. The molecule has 1 heterocycles. The summed E-state index contributed by atoms with van der Waals surface area (Å²) in [6, 6.07) is 28.3. The van der Waals surface area contributed by atoms with Gasteiger partial charge in [-0.2, -0.15) is 5.10 Å². The molecule has 0 amide bonds. The molecule has 4 heteroatoms. The van der Waals surface area contributed by atoms with E-state index in [-0.39, 0.29) is 0 Å². The average Bonchev–Trinajstić information content (AvgIpc) is 3.22. The van der Waals surface area contributed by atoms with Crippen LogP contribution in [0.25, 0.3) is 23.0 Å². The molecule has 0 saturated carbocycles. The number of benzene rings is 3. The third-order valence-corrected chi connectivity index (χ3v) is 5.15. The molecular formula is C26H23ClN2O. The van der Waals surface area contributed by atoms with E-state index in [1.807, 2.05) is 59.3 Å². The number of aryl methyl sites for hydroxylation is 1. The van der Waals surface area contributed by atoms with Crippen LogP contribution in [0.3, 0.4) is 0 Å². The zero-order valence-electron chi connectivity index (χ0n) is 16.8. The van der Waals surface area contributed by atoms with Crippen molar-refractivity contribution in [2.45, 2.75) is 12.8 Å². The fourth-order valence-electron chi connectivity index (χ4n) is 3.31. The maximum atomic E-state index is 6.09. The third kappa shape index (κ3) is 4.81. The number of rotatable bonds is 7. The number of halogens is 1. The van der Waals surface area contributed by atoms with Crippen LogP contribution in [0, 0.1) is 0 Å². The number of hydrogen-bond donors (Lipinski definition) is 0. The topological polar surface area (TPSA) is 27.1 Å². The monoisotopic (exact) mass is 414 g/mol. The van der Waals surface area contributed by atoms with Crippen LogP contribution < -0.4 is 4.74 Å². The SMILES string of the molecule is COc1ccc(-n2nc(CC/C=C/c3ccccc3)cc2-c2ccc(Cl)cc2)cc1. The first kappa shape index (κ1) is 20.0. The van der Waals surface area contributed by atoms with Crippen molar-refractivity contribution in [3.8, 4) is 22.7 Å². The molecule has 0 unspecified atom stereocenters. The fourth-order valence-corrected chi connectivity index (χ4v) is 3.44. The van der Waals surface area contributed by atoms with Crippen molar-refractivity contribution in [3.63, 3.8) is 0 Å². The normalized spacial score (nSPS) is 11.1. The predicted molar refractivity (Wildman–Crippen MR) is 124 cm³/mol. The number of allylic oxidation sites excluding steroid dienone is 1. The van der Waals surface area contributed by atoms with Crippen molar-refractivity contribution in [2.24, 2.45) is 0 Å². The van der Waals surface area contributed by atoms with E-state index >= 15 is 0 Å². The van der Waals surface area contributed by atoms with Gasteiger partial charge in [0.2, 0.25) is 0 Å². The number of ether oxygens (including phenoxy) is 1. The molecule has 0 spiro atoms. The molecule has 0 aliphatic heterocycles. The maximum Gasteiger partial charge on any atom is 0.119 e. The highest BCUT2D eigenvalue weighted by Crippen LogP contribution is 2.27. The number of hydrogen-bond acceptors (Lipinski definition) is 2. The van der Waals surface area contributed by atoms with Gasteiger partial charge in [0.05, 0.1) is 24.2 Å². The smallest absolute Gasteiger partial charge is 0.119 e. The van der Waals surface area contributed by atoms with E-state index in [1.165, 1.54) is 5.56 Å². The lowest BCUT2D eigenvalue weighted by atomic mass is 10.1. The van der Waals surface area contributed by atoms with Gasteiger partial charge in [0, 0.05) is 10.6 Å². The third-order valence-electron chi connectivity index (χ3n) is 4.89. The zero-order valence-corrected chi connectivity index (χ0v) is 17.6. The van der Waals surface area contributed by atoms with Crippen LogP contribution >= 0.6 is 11.6 Å². The van der Waals surface area contributed by atoms with E-state index in [9.17, 15) is 0 Å². The molecule has 1 aromatic heterocycles. The minimum absolute atomic E-state index is 0.723. The Morgan fingerprint density at radius 3 is 2.37 bits per heavy atom. The van der Waals surface area contributed by atoms with Gasteiger partial charge in [0.25, 0.3) is 0 Å². The summed E-state index contributed by atoms with van der Waals surface area (Å²) >= 11 is 6.09. The molecule has 30 heavy (non-hydrogen) atoms. The molecule has 3 nitrogen and oxygen atoms in total. The van der Waals surface area contributed by atoms with Crippen LogP contribution in [0.15, 0.2) is 91.0 Å². The van der Waals surface area contributed by atoms with Gasteiger partial charge in [-0.05, 0) is 60.9 Å². The van der Waals surface area contributed by atoms with Crippen LogP contribution in [0.1, 0.15) is 17.7 Å². The molecule has 0 radical (unpaired) electrons. The van der Waals surface area contributed by atoms with Gasteiger partial charge in [-0.3, -0.25) is 0 Å². The van der Waals surface area contributed by atoms with Crippen molar-refractivity contribution in [1.82, 2.24) is 9.78 Å². The fraction of sp³-hybridized carbons (Fsp3) is 0.115. The van der Waals surface area contributed by atoms with Crippen LogP contribution in [-0.4, -0.2) is 16.9 Å². The van der Waals surface area contributed by atoms with Gasteiger partial charge < -0.3 is 4.74 Å². The summed E-state index contributed by atoms with van der Waals surface area (Å²) in [6.45, 7) is 0. The summed E-state index contributed by atoms with van der Waals surface area (Å²) in [5.41, 5.74) is 5.37. The minimum atomic E-state index is 0.723. The van der Waals surface area contributed by atoms with Crippen molar-refractivity contribution in [3.05, 3.63) is 107 Å². The second-order valence-electron chi connectivity index (χ2n) is 6.99. The Labute approximate surface area is 182 Å². The molecule has 0 atom stereocenters. The van der Waals surface area contributed by atoms with Crippen LogP contribution in [0.5, 0.6) is 5.75 Å². The van der Waals surface area contributed by atoms with Gasteiger partial charge in [-0.1, -0.05) is 66.2 Å². The average molecular weight is 415 g/mol. The summed E-state index contributed by atoms with van der Waals surface area (Å²) in [4.78, 5) is 0. The molecule has 4 rings (SSSR count). The predicted octanol–water partition coefficient (Wildman–Crippen LogP) is 6.85. The maximum absolute atomic E-state index is 6.09. The highest BCUT2D eigenvalue weighted by atomic mass is 35.5. The van der Waals surface area contributed by atoms with Gasteiger partial charge >= 0.3 is 0 Å².